The van der Waals surface area contributed by atoms with E-state index in [-0.39, 0.29) is 11.8 Å². The van der Waals surface area contributed by atoms with E-state index in [0.717, 1.165) is 25.8 Å². The molecule has 1 heterocycles. The third kappa shape index (κ3) is 4.02. The highest BCUT2D eigenvalue weighted by Gasteiger charge is 2.20. The molecule has 2 fully saturated rings. The molecule has 1 saturated heterocycles. The van der Waals surface area contributed by atoms with Gasteiger partial charge in [-0.25, -0.2) is 0 Å². The van der Waals surface area contributed by atoms with Crippen LogP contribution in [-0.2, 0) is 11.2 Å². The minimum atomic E-state index is 0.270. The van der Waals surface area contributed by atoms with Gasteiger partial charge in [0.25, 0.3) is 0 Å². The van der Waals surface area contributed by atoms with Gasteiger partial charge in [0.2, 0.25) is 5.91 Å². The molecule has 22 heavy (non-hydrogen) atoms. The Balaban J connectivity index is 1.42. The molecule has 3 heteroatoms. The molecule has 0 atom stereocenters. The maximum absolute atomic E-state index is 12.1. The molecule has 0 bridgehead atoms. The molecule has 0 unspecified atom stereocenters. The van der Waals surface area contributed by atoms with Gasteiger partial charge >= 0.3 is 0 Å². The van der Waals surface area contributed by atoms with Crippen molar-refractivity contribution in [1.29, 1.82) is 0 Å². The van der Waals surface area contributed by atoms with Crippen molar-refractivity contribution < 1.29 is 4.79 Å². The van der Waals surface area contributed by atoms with Gasteiger partial charge in [0.05, 0.1) is 0 Å². The number of carbonyl (C=O) groups excluding carboxylic acids is 1. The van der Waals surface area contributed by atoms with Crippen LogP contribution in [0.3, 0.4) is 0 Å². The summed E-state index contributed by atoms with van der Waals surface area (Å²) in [6.45, 7) is 3.14. The second-order valence-electron chi connectivity index (χ2n) is 6.74. The van der Waals surface area contributed by atoms with Crippen molar-refractivity contribution in [2.75, 3.05) is 24.5 Å². The Kier molecular flexibility index (Phi) is 5.36. The minimum Gasteiger partial charge on any atom is -0.372 e. The van der Waals surface area contributed by atoms with Crippen LogP contribution in [0.4, 0.5) is 5.69 Å². The molecule has 3 rings (SSSR count). The first-order valence-corrected chi connectivity index (χ1v) is 8.94. The molecule has 120 valence electrons. The first-order chi connectivity index (χ1) is 10.8. The molecule has 1 amide bonds. The molecular weight excluding hydrogens is 272 g/mol. The molecule has 2 aliphatic rings. The molecule has 1 aromatic rings. The van der Waals surface area contributed by atoms with Crippen LogP contribution in [0.25, 0.3) is 0 Å². The average molecular weight is 300 g/mol. The van der Waals surface area contributed by atoms with E-state index in [4.69, 9.17) is 0 Å². The highest BCUT2D eigenvalue weighted by molar-refractivity contribution is 5.78. The van der Waals surface area contributed by atoms with Gasteiger partial charge in [0, 0.05) is 31.2 Å². The van der Waals surface area contributed by atoms with E-state index in [1.807, 2.05) is 0 Å². The minimum absolute atomic E-state index is 0.270. The summed E-state index contributed by atoms with van der Waals surface area (Å²) in [5.74, 6) is 0.541. The number of nitrogens with one attached hydrogen (secondary N) is 1. The van der Waals surface area contributed by atoms with Crippen LogP contribution >= 0.6 is 0 Å². The van der Waals surface area contributed by atoms with Crippen LogP contribution in [0.15, 0.2) is 24.3 Å². The summed E-state index contributed by atoms with van der Waals surface area (Å²) in [5.41, 5.74) is 2.65. The Hall–Kier alpha value is -1.51. The van der Waals surface area contributed by atoms with Crippen LogP contribution in [0.5, 0.6) is 0 Å². The van der Waals surface area contributed by atoms with Crippen LogP contribution < -0.4 is 10.2 Å². The number of benzene rings is 1. The van der Waals surface area contributed by atoms with E-state index in [9.17, 15) is 4.79 Å². The molecule has 3 nitrogen and oxygen atoms in total. The maximum Gasteiger partial charge on any atom is 0.223 e. The van der Waals surface area contributed by atoms with E-state index in [1.54, 1.807) is 0 Å². The number of hydrogen-bond acceptors (Lipinski definition) is 2. The van der Waals surface area contributed by atoms with Crippen LogP contribution in [0.2, 0.25) is 0 Å². The fraction of sp³-hybridized carbons (Fsp3) is 0.632. The maximum atomic E-state index is 12.1. The largest absolute Gasteiger partial charge is 0.372 e. The first-order valence-electron chi connectivity index (χ1n) is 8.94. The topological polar surface area (TPSA) is 32.3 Å². The molecule has 1 aliphatic carbocycles. The predicted octanol–water partition coefficient (Wildman–Crippen LogP) is 3.53. The number of rotatable bonds is 5. The van der Waals surface area contributed by atoms with Crippen molar-refractivity contribution in [3.05, 3.63) is 29.8 Å². The number of nitrogens with zero attached hydrogens (tertiary/aromatic N) is 1. The predicted molar refractivity (Wildman–Crippen MR) is 91.2 cm³/mol. The van der Waals surface area contributed by atoms with E-state index in [1.165, 1.54) is 56.4 Å². The summed E-state index contributed by atoms with van der Waals surface area (Å²) in [7, 11) is 0. The van der Waals surface area contributed by atoms with Crippen molar-refractivity contribution in [1.82, 2.24) is 5.32 Å². The Morgan fingerprint density at radius 3 is 2.36 bits per heavy atom. The normalized spacial score (nSPS) is 19.4. The van der Waals surface area contributed by atoms with Gasteiger partial charge in [-0.1, -0.05) is 31.4 Å². The molecular formula is C19H28N2O. The van der Waals surface area contributed by atoms with Gasteiger partial charge in [-0.3, -0.25) is 4.79 Å². The molecule has 1 aromatic carbocycles. The Bertz CT molecular complexity index is 471. The van der Waals surface area contributed by atoms with Gasteiger partial charge in [0.1, 0.15) is 0 Å². The van der Waals surface area contributed by atoms with Gasteiger partial charge in [-0.2, -0.15) is 0 Å². The lowest BCUT2D eigenvalue weighted by Gasteiger charge is -2.20. The number of amides is 1. The van der Waals surface area contributed by atoms with Crippen LogP contribution in [-0.4, -0.2) is 25.5 Å². The summed E-state index contributed by atoms with van der Waals surface area (Å²) in [5, 5.41) is 3.12. The van der Waals surface area contributed by atoms with Gasteiger partial charge in [-0.15, -0.1) is 0 Å². The summed E-state index contributed by atoms with van der Waals surface area (Å²) in [4.78, 5) is 14.6. The van der Waals surface area contributed by atoms with E-state index >= 15 is 0 Å². The molecule has 0 spiro atoms. The quantitative estimate of drug-likeness (QED) is 0.902. The average Bonchev–Trinajstić information content (AvgIpc) is 3.11. The van der Waals surface area contributed by atoms with Crippen molar-refractivity contribution >= 4 is 11.6 Å². The molecule has 0 radical (unpaired) electrons. The number of anilines is 1. The Labute approximate surface area is 134 Å². The van der Waals surface area contributed by atoms with E-state index < -0.39 is 0 Å². The molecule has 1 aliphatic heterocycles. The summed E-state index contributed by atoms with van der Waals surface area (Å²) >= 11 is 0. The third-order valence-electron chi connectivity index (χ3n) is 5.10. The third-order valence-corrected chi connectivity index (χ3v) is 5.10. The Morgan fingerprint density at radius 2 is 1.68 bits per heavy atom. The number of hydrogen-bond donors (Lipinski definition) is 1. The van der Waals surface area contributed by atoms with Crippen molar-refractivity contribution in [3.63, 3.8) is 0 Å². The lowest BCUT2D eigenvalue weighted by atomic mass is 9.88. The van der Waals surface area contributed by atoms with Crippen LogP contribution in [0.1, 0.15) is 50.5 Å². The summed E-state index contributed by atoms with van der Waals surface area (Å²) in [6, 6.07) is 8.87. The monoisotopic (exact) mass is 300 g/mol. The van der Waals surface area contributed by atoms with E-state index in [0.29, 0.717) is 0 Å². The molecule has 0 aromatic heterocycles. The highest BCUT2D eigenvalue weighted by atomic mass is 16.1. The van der Waals surface area contributed by atoms with Gasteiger partial charge < -0.3 is 10.2 Å². The fourth-order valence-corrected chi connectivity index (χ4v) is 3.69. The highest BCUT2D eigenvalue weighted by Crippen LogP contribution is 2.23. The van der Waals surface area contributed by atoms with Crippen molar-refractivity contribution in [2.24, 2.45) is 5.92 Å². The van der Waals surface area contributed by atoms with Crippen molar-refractivity contribution in [2.45, 2.75) is 51.4 Å². The Morgan fingerprint density at radius 1 is 1.00 bits per heavy atom. The molecule has 1 N–H and O–H groups in total. The SMILES string of the molecule is O=C(NCCc1ccc(N2CCCC2)cc1)C1CCCCC1. The standard InChI is InChI=1S/C19H28N2O/c22-19(17-6-2-1-3-7-17)20-13-12-16-8-10-18(11-9-16)21-14-4-5-15-21/h8-11,17H,1-7,12-15H2,(H,20,22). The number of carbonyl (C=O) groups is 1. The second kappa shape index (κ2) is 7.66. The van der Waals surface area contributed by atoms with E-state index in [2.05, 4.69) is 34.5 Å². The zero-order valence-electron chi connectivity index (χ0n) is 13.5. The van der Waals surface area contributed by atoms with Gasteiger partial charge in [-0.05, 0) is 49.8 Å². The summed E-state index contributed by atoms with van der Waals surface area (Å²) < 4.78 is 0. The summed E-state index contributed by atoms with van der Waals surface area (Å²) in [6.07, 6.45) is 9.45. The lowest BCUT2D eigenvalue weighted by Crippen LogP contribution is -2.33. The zero-order valence-corrected chi connectivity index (χ0v) is 13.5. The zero-order chi connectivity index (χ0) is 15.2. The van der Waals surface area contributed by atoms with Crippen molar-refractivity contribution in [3.8, 4) is 0 Å². The lowest BCUT2D eigenvalue weighted by molar-refractivity contribution is -0.125. The van der Waals surface area contributed by atoms with Crippen LogP contribution in [0, 0.1) is 5.92 Å². The second-order valence-corrected chi connectivity index (χ2v) is 6.74. The smallest absolute Gasteiger partial charge is 0.223 e. The first kappa shape index (κ1) is 15.4. The molecule has 1 saturated carbocycles. The fourth-order valence-electron chi connectivity index (χ4n) is 3.69. The van der Waals surface area contributed by atoms with Gasteiger partial charge in [0.15, 0.2) is 0 Å².